The van der Waals surface area contributed by atoms with E-state index in [-0.39, 0.29) is 25.6 Å². The molecule has 6 heteroatoms. The van der Waals surface area contributed by atoms with Gasteiger partial charge in [-0.3, -0.25) is 9.59 Å². The molecule has 1 aliphatic heterocycles. The number of benzene rings is 1. The number of carbonyl (C=O) groups excluding carboxylic acids is 2. The summed E-state index contributed by atoms with van der Waals surface area (Å²) in [6, 6.07) is 11.6. The average molecular weight is 383 g/mol. The van der Waals surface area contributed by atoms with Crippen molar-refractivity contribution in [2.24, 2.45) is 11.3 Å². The summed E-state index contributed by atoms with van der Waals surface area (Å²) in [4.78, 5) is 25.6. The van der Waals surface area contributed by atoms with E-state index in [0.29, 0.717) is 24.2 Å². The predicted molar refractivity (Wildman–Crippen MR) is 102 cm³/mol. The lowest BCUT2D eigenvalue weighted by atomic mass is 9.82. The van der Waals surface area contributed by atoms with Crippen LogP contribution in [0.3, 0.4) is 0 Å². The van der Waals surface area contributed by atoms with E-state index >= 15 is 0 Å². The molecule has 1 unspecified atom stereocenters. The number of ether oxygens (including phenoxy) is 3. The van der Waals surface area contributed by atoms with Crippen LogP contribution in [0.5, 0.6) is 0 Å². The van der Waals surface area contributed by atoms with E-state index in [2.05, 4.69) is 6.07 Å². The lowest BCUT2D eigenvalue weighted by molar-refractivity contribution is -0.168. The van der Waals surface area contributed by atoms with Gasteiger partial charge in [-0.15, -0.1) is 0 Å². The molecule has 0 N–H and O–H groups in total. The summed E-state index contributed by atoms with van der Waals surface area (Å²) in [7, 11) is 0. The van der Waals surface area contributed by atoms with Gasteiger partial charge in [0.2, 0.25) is 5.41 Å². The molecular weight excluding hydrogens is 358 g/mol. The first-order valence-electron chi connectivity index (χ1n) is 9.72. The van der Waals surface area contributed by atoms with Crippen molar-refractivity contribution in [2.75, 3.05) is 13.2 Å². The molecule has 1 heterocycles. The molecule has 148 valence electrons. The van der Waals surface area contributed by atoms with Gasteiger partial charge in [0, 0.05) is 17.9 Å². The Morgan fingerprint density at radius 3 is 2.25 bits per heavy atom. The molecule has 1 spiro atoms. The van der Waals surface area contributed by atoms with Crippen LogP contribution in [0.15, 0.2) is 35.9 Å². The van der Waals surface area contributed by atoms with E-state index in [0.717, 1.165) is 5.56 Å². The van der Waals surface area contributed by atoms with E-state index in [9.17, 15) is 14.9 Å². The van der Waals surface area contributed by atoms with E-state index in [1.165, 1.54) is 0 Å². The molecule has 2 atom stereocenters. The molecule has 3 rings (SSSR count). The number of carbonyl (C=O) groups is 2. The lowest BCUT2D eigenvalue weighted by Crippen LogP contribution is -2.42. The Bertz CT molecular complexity index is 820. The maximum atomic E-state index is 12.8. The van der Waals surface area contributed by atoms with Crippen LogP contribution in [0.1, 0.15) is 45.6 Å². The van der Waals surface area contributed by atoms with E-state index in [1.807, 2.05) is 37.3 Å². The number of hydrogen-bond donors (Lipinski definition) is 0. The molecule has 1 aliphatic carbocycles. The van der Waals surface area contributed by atoms with Crippen LogP contribution in [0.25, 0.3) is 5.76 Å². The summed E-state index contributed by atoms with van der Waals surface area (Å²) in [6.07, 6.45) is 1.30. The molecule has 0 bridgehead atoms. The second-order valence-electron chi connectivity index (χ2n) is 7.15. The zero-order valence-corrected chi connectivity index (χ0v) is 16.5. The Hall–Kier alpha value is -2.81. The van der Waals surface area contributed by atoms with Crippen molar-refractivity contribution in [1.82, 2.24) is 0 Å². The number of nitrogens with zero attached hydrogens (tertiary/aromatic N) is 1. The minimum absolute atomic E-state index is 0.111. The van der Waals surface area contributed by atoms with Crippen molar-refractivity contribution in [3.63, 3.8) is 0 Å². The third-order valence-corrected chi connectivity index (χ3v) is 5.63. The SMILES string of the molecule is CCOC(=O)C1(C(=O)OCC)C[C@@]12CC(CC)C(C#N)=C(c1ccccc1)O2. The number of nitriles is 1. The molecule has 0 radical (unpaired) electrons. The van der Waals surface area contributed by atoms with Crippen molar-refractivity contribution >= 4 is 17.7 Å². The highest BCUT2D eigenvalue weighted by molar-refractivity contribution is 6.06. The number of esters is 2. The summed E-state index contributed by atoms with van der Waals surface area (Å²) < 4.78 is 16.8. The Labute approximate surface area is 165 Å². The third kappa shape index (κ3) is 2.95. The summed E-state index contributed by atoms with van der Waals surface area (Å²) in [5.74, 6) is -0.899. The molecule has 1 saturated carbocycles. The van der Waals surface area contributed by atoms with Gasteiger partial charge in [-0.25, -0.2) is 0 Å². The van der Waals surface area contributed by atoms with Crippen LogP contribution >= 0.6 is 0 Å². The monoisotopic (exact) mass is 383 g/mol. The van der Waals surface area contributed by atoms with Gasteiger partial charge in [0.15, 0.2) is 0 Å². The Morgan fingerprint density at radius 1 is 1.14 bits per heavy atom. The van der Waals surface area contributed by atoms with Gasteiger partial charge in [-0.1, -0.05) is 37.3 Å². The summed E-state index contributed by atoms with van der Waals surface area (Å²) in [5.41, 5.74) is -1.22. The molecule has 1 aromatic rings. The van der Waals surface area contributed by atoms with E-state index in [4.69, 9.17) is 14.2 Å². The van der Waals surface area contributed by atoms with Crippen molar-refractivity contribution in [2.45, 2.75) is 45.6 Å². The van der Waals surface area contributed by atoms with Crippen molar-refractivity contribution in [1.29, 1.82) is 5.26 Å². The highest BCUT2D eigenvalue weighted by atomic mass is 16.6. The molecule has 0 saturated heterocycles. The van der Waals surface area contributed by atoms with Crippen LogP contribution in [0.4, 0.5) is 0 Å². The van der Waals surface area contributed by atoms with E-state index in [1.54, 1.807) is 13.8 Å². The molecule has 28 heavy (non-hydrogen) atoms. The van der Waals surface area contributed by atoms with Gasteiger partial charge < -0.3 is 14.2 Å². The topological polar surface area (TPSA) is 85.6 Å². The lowest BCUT2D eigenvalue weighted by Gasteiger charge is -2.34. The minimum Gasteiger partial charge on any atom is -0.484 e. The van der Waals surface area contributed by atoms with Crippen LogP contribution in [0, 0.1) is 22.7 Å². The predicted octanol–water partition coefficient (Wildman–Crippen LogP) is 3.62. The fraction of sp³-hybridized carbons (Fsp3) is 0.500. The first kappa shape index (κ1) is 19.9. The van der Waals surface area contributed by atoms with Gasteiger partial charge in [0.05, 0.1) is 24.9 Å². The smallest absolute Gasteiger partial charge is 0.327 e. The van der Waals surface area contributed by atoms with E-state index < -0.39 is 23.0 Å². The molecule has 0 amide bonds. The van der Waals surface area contributed by atoms with Crippen LogP contribution in [-0.4, -0.2) is 30.8 Å². The number of hydrogen-bond acceptors (Lipinski definition) is 6. The first-order valence-corrected chi connectivity index (χ1v) is 9.72. The third-order valence-electron chi connectivity index (χ3n) is 5.63. The highest BCUT2D eigenvalue weighted by Gasteiger charge is 2.82. The fourth-order valence-corrected chi connectivity index (χ4v) is 4.13. The second-order valence-corrected chi connectivity index (χ2v) is 7.15. The second kappa shape index (κ2) is 7.67. The summed E-state index contributed by atoms with van der Waals surface area (Å²) in [5, 5.41) is 9.76. The maximum absolute atomic E-state index is 12.8. The normalized spacial score (nSPS) is 24.9. The zero-order chi connectivity index (χ0) is 20.4. The Kier molecular flexibility index (Phi) is 5.46. The maximum Gasteiger partial charge on any atom is 0.327 e. The van der Waals surface area contributed by atoms with Gasteiger partial charge in [-0.05, 0) is 26.7 Å². The van der Waals surface area contributed by atoms with Crippen molar-refractivity contribution < 1.29 is 23.8 Å². The van der Waals surface area contributed by atoms with Crippen molar-refractivity contribution in [3.05, 3.63) is 41.5 Å². The van der Waals surface area contributed by atoms with Crippen LogP contribution in [-0.2, 0) is 23.8 Å². The summed E-state index contributed by atoms with van der Waals surface area (Å²) >= 11 is 0. The molecule has 6 nitrogen and oxygen atoms in total. The van der Waals surface area contributed by atoms with Crippen molar-refractivity contribution in [3.8, 4) is 6.07 Å². The van der Waals surface area contributed by atoms with Gasteiger partial charge in [0.1, 0.15) is 11.4 Å². The first-order chi connectivity index (χ1) is 13.5. The molecule has 2 aliphatic rings. The number of rotatable bonds is 6. The molecule has 1 fully saturated rings. The average Bonchev–Trinajstić information content (AvgIpc) is 3.36. The quantitative estimate of drug-likeness (QED) is 0.551. The minimum atomic E-state index is -1.48. The number of allylic oxidation sites excluding steroid dienone is 1. The Morgan fingerprint density at radius 2 is 1.75 bits per heavy atom. The Balaban J connectivity index is 2.08. The molecular formula is C22H25NO5. The standard InChI is InChI=1S/C22H25NO5/c1-4-15-12-21(14-22(21,19(24)26-5-2)20(25)27-6-3)28-18(17(15)13-23)16-10-8-7-9-11-16/h7-11,15H,4-6,12,14H2,1-3H3/t15?,21-/m0/s1. The van der Waals surface area contributed by atoms with Gasteiger partial charge in [-0.2, -0.15) is 5.26 Å². The largest absolute Gasteiger partial charge is 0.484 e. The van der Waals surface area contributed by atoms with Crippen LogP contribution < -0.4 is 0 Å². The fourth-order valence-electron chi connectivity index (χ4n) is 4.13. The van der Waals surface area contributed by atoms with Gasteiger partial charge >= 0.3 is 11.9 Å². The highest BCUT2D eigenvalue weighted by Crippen LogP contribution is 2.67. The molecule has 1 aromatic carbocycles. The molecule has 0 aromatic heterocycles. The van der Waals surface area contributed by atoms with Gasteiger partial charge in [0.25, 0.3) is 0 Å². The summed E-state index contributed by atoms with van der Waals surface area (Å²) in [6.45, 7) is 5.72. The zero-order valence-electron chi connectivity index (χ0n) is 16.5. The van der Waals surface area contributed by atoms with Crippen LogP contribution in [0.2, 0.25) is 0 Å².